The summed E-state index contributed by atoms with van der Waals surface area (Å²) in [5.74, 6) is -0.336. The fourth-order valence-corrected chi connectivity index (χ4v) is 1.75. The fourth-order valence-electron chi connectivity index (χ4n) is 1.75. The van der Waals surface area contributed by atoms with Crippen molar-refractivity contribution >= 4 is 17.6 Å². The van der Waals surface area contributed by atoms with E-state index in [1.54, 1.807) is 25.1 Å². The van der Waals surface area contributed by atoms with Gasteiger partial charge >= 0.3 is 5.97 Å². The first kappa shape index (κ1) is 16.2. The van der Waals surface area contributed by atoms with Crippen molar-refractivity contribution in [2.45, 2.75) is 33.2 Å². The van der Waals surface area contributed by atoms with Crippen molar-refractivity contribution in [2.75, 3.05) is 12.4 Å². The molecule has 0 radical (unpaired) electrons. The Hall–Kier alpha value is -1.88. The average molecular weight is 278 g/mol. The number of ether oxygens (including phenoxy) is 1. The van der Waals surface area contributed by atoms with Crippen LogP contribution in [0.4, 0.5) is 5.69 Å². The summed E-state index contributed by atoms with van der Waals surface area (Å²) in [6, 6.07) is 4.94. The zero-order chi connectivity index (χ0) is 15.3. The average Bonchev–Trinajstić information content (AvgIpc) is 2.40. The van der Waals surface area contributed by atoms with Crippen LogP contribution in [0.3, 0.4) is 0 Å². The second-order valence-corrected chi connectivity index (χ2v) is 5.13. The molecule has 0 aliphatic heterocycles. The van der Waals surface area contributed by atoms with Crippen LogP contribution < -0.4 is 11.1 Å². The zero-order valence-corrected chi connectivity index (χ0v) is 12.4. The summed E-state index contributed by atoms with van der Waals surface area (Å²) in [5.41, 5.74) is 7.61. The second-order valence-electron chi connectivity index (χ2n) is 5.13. The first-order valence-corrected chi connectivity index (χ1v) is 6.60. The molecule has 1 amide bonds. The number of hydrogen-bond donors (Lipinski definition) is 2. The molecule has 0 aliphatic carbocycles. The number of hydrogen-bond acceptors (Lipinski definition) is 4. The Morgan fingerprint density at radius 1 is 1.35 bits per heavy atom. The van der Waals surface area contributed by atoms with Gasteiger partial charge in [-0.2, -0.15) is 0 Å². The number of anilines is 1. The normalized spacial score (nSPS) is 12.1. The van der Waals surface area contributed by atoms with Gasteiger partial charge in [0.25, 0.3) is 0 Å². The molecule has 0 aromatic heterocycles. The summed E-state index contributed by atoms with van der Waals surface area (Å²) in [6.07, 6.45) is 0.250. The van der Waals surface area contributed by atoms with Crippen molar-refractivity contribution in [1.29, 1.82) is 0 Å². The molecule has 1 unspecified atom stereocenters. The molecular weight excluding hydrogens is 256 g/mol. The van der Waals surface area contributed by atoms with Crippen molar-refractivity contribution in [3.05, 3.63) is 29.3 Å². The number of nitrogens with one attached hydrogen (secondary N) is 1. The number of methoxy groups -OCH3 is 1. The molecule has 1 aromatic rings. The van der Waals surface area contributed by atoms with Crippen molar-refractivity contribution < 1.29 is 14.3 Å². The number of benzene rings is 1. The van der Waals surface area contributed by atoms with E-state index in [9.17, 15) is 9.59 Å². The molecular formula is C15H22N2O3. The molecule has 0 saturated heterocycles. The Morgan fingerprint density at radius 3 is 2.55 bits per heavy atom. The smallest absolute Gasteiger partial charge is 0.338 e. The first-order chi connectivity index (χ1) is 9.36. The van der Waals surface area contributed by atoms with Gasteiger partial charge in [0, 0.05) is 18.2 Å². The number of amides is 1. The summed E-state index contributed by atoms with van der Waals surface area (Å²) in [6.45, 7) is 5.71. The van der Waals surface area contributed by atoms with Gasteiger partial charge in [0.15, 0.2) is 0 Å². The number of esters is 1. The van der Waals surface area contributed by atoms with E-state index in [0.717, 1.165) is 0 Å². The quantitative estimate of drug-likeness (QED) is 0.808. The van der Waals surface area contributed by atoms with Crippen LogP contribution in [0.5, 0.6) is 0 Å². The van der Waals surface area contributed by atoms with E-state index in [1.807, 2.05) is 13.8 Å². The fraction of sp³-hybridized carbons (Fsp3) is 0.467. The molecule has 0 aliphatic rings. The van der Waals surface area contributed by atoms with E-state index in [1.165, 1.54) is 7.11 Å². The van der Waals surface area contributed by atoms with Gasteiger partial charge in [-0.25, -0.2) is 4.79 Å². The van der Waals surface area contributed by atoms with Gasteiger partial charge in [0.1, 0.15) is 0 Å². The molecule has 0 fully saturated rings. The highest BCUT2D eigenvalue weighted by molar-refractivity contribution is 5.96. The highest BCUT2D eigenvalue weighted by Crippen LogP contribution is 2.20. The van der Waals surface area contributed by atoms with Crippen LogP contribution in [0.25, 0.3) is 0 Å². The molecule has 110 valence electrons. The maximum atomic E-state index is 11.9. The largest absolute Gasteiger partial charge is 0.465 e. The zero-order valence-electron chi connectivity index (χ0n) is 12.4. The third-order valence-electron chi connectivity index (χ3n) is 3.29. The maximum absolute atomic E-state index is 11.9. The minimum atomic E-state index is -0.419. The Bertz CT molecular complexity index is 498. The van der Waals surface area contributed by atoms with Gasteiger partial charge in [0.05, 0.1) is 12.7 Å². The summed E-state index contributed by atoms with van der Waals surface area (Å²) in [4.78, 5) is 23.5. The van der Waals surface area contributed by atoms with Gasteiger partial charge in [-0.3, -0.25) is 4.79 Å². The van der Waals surface area contributed by atoms with Crippen molar-refractivity contribution in [3.8, 4) is 0 Å². The molecule has 0 heterocycles. The van der Waals surface area contributed by atoms with Gasteiger partial charge < -0.3 is 15.8 Å². The van der Waals surface area contributed by atoms with E-state index in [4.69, 9.17) is 10.5 Å². The third kappa shape index (κ3) is 4.06. The highest BCUT2D eigenvalue weighted by Gasteiger charge is 2.16. The first-order valence-electron chi connectivity index (χ1n) is 6.60. The Balaban J connectivity index is 2.83. The molecule has 20 heavy (non-hydrogen) atoms. The van der Waals surface area contributed by atoms with E-state index < -0.39 is 5.97 Å². The highest BCUT2D eigenvalue weighted by atomic mass is 16.5. The predicted octanol–water partition coefficient (Wildman–Crippen LogP) is 2.09. The standard InChI is InChI=1S/C15H22N2O3/c1-9(2)12(16)8-14(18)17-13-7-5-6-11(10(13)3)15(19)20-4/h5-7,9,12H,8,16H2,1-4H3,(H,17,18). The van der Waals surface area contributed by atoms with Gasteiger partial charge in [-0.1, -0.05) is 19.9 Å². The topological polar surface area (TPSA) is 81.4 Å². The summed E-state index contributed by atoms with van der Waals surface area (Å²) >= 11 is 0. The van der Waals surface area contributed by atoms with Crippen molar-refractivity contribution in [1.82, 2.24) is 0 Å². The van der Waals surface area contributed by atoms with Crippen molar-refractivity contribution in [3.63, 3.8) is 0 Å². The third-order valence-corrected chi connectivity index (χ3v) is 3.29. The van der Waals surface area contributed by atoms with Crippen LogP contribution in [0.2, 0.25) is 0 Å². The van der Waals surface area contributed by atoms with Crippen molar-refractivity contribution in [2.24, 2.45) is 11.7 Å². The lowest BCUT2D eigenvalue weighted by molar-refractivity contribution is -0.116. The summed E-state index contributed by atoms with van der Waals surface area (Å²) in [5, 5.41) is 2.79. The monoisotopic (exact) mass is 278 g/mol. The number of rotatable bonds is 5. The van der Waals surface area contributed by atoms with Gasteiger partial charge in [-0.15, -0.1) is 0 Å². The van der Waals surface area contributed by atoms with Crippen LogP contribution in [-0.2, 0) is 9.53 Å². The molecule has 0 bridgehead atoms. The van der Waals surface area contributed by atoms with Crippen LogP contribution in [0.1, 0.15) is 36.2 Å². The predicted molar refractivity (Wildman–Crippen MR) is 78.6 cm³/mol. The Morgan fingerprint density at radius 2 is 2.00 bits per heavy atom. The molecule has 0 spiro atoms. The summed E-state index contributed by atoms with van der Waals surface area (Å²) < 4.78 is 4.70. The van der Waals surface area contributed by atoms with Gasteiger partial charge in [0.2, 0.25) is 5.91 Å². The van der Waals surface area contributed by atoms with Gasteiger partial charge in [-0.05, 0) is 30.5 Å². The van der Waals surface area contributed by atoms with Crippen LogP contribution in [-0.4, -0.2) is 25.0 Å². The molecule has 1 rings (SSSR count). The van der Waals surface area contributed by atoms with E-state index in [2.05, 4.69) is 5.32 Å². The molecule has 1 aromatic carbocycles. The second kappa shape index (κ2) is 7.05. The van der Waals surface area contributed by atoms with Crippen LogP contribution in [0, 0.1) is 12.8 Å². The van der Waals surface area contributed by atoms with E-state index in [0.29, 0.717) is 16.8 Å². The molecule has 1 atom stereocenters. The number of nitrogens with two attached hydrogens (primary N) is 1. The van der Waals surface area contributed by atoms with E-state index in [-0.39, 0.29) is 24.3 Å². The minimum Gasteiger partial charge on any atom is -0.465 e. The lowest BCUT2D eigenvalue weighted by atomic mass is 10.0. The van der Waals surface area contributed by atoms with E-state index >= 15 is 0 Å². The summed E-state index contributed by atoms with van der Waals surface area (Å²) in [7, 11) is 1.33. The SMILES string of the molecule is COC(=O)c1cccc(NC(=O)CC(N)C(C)C)c1C. The van der Waals surface area contributed by atoms with Crippen LogP contribution >= 0.6 is 0 Å². The maximum Gasteiger partial charge on any atom is 0.338 e. The molecule has 5 heteroatoms. The number of carbonyl (C=O) groups excluding carboxylic acids is 2. The molecule has 5 nitrogen and oxygen atoms in total. The number of carbonyl (C=O) groups is 2. The molecule has 0 saturated carbocycles. The molecule has 3 N–H and O–H groups in total. The van der Waals surface area contributed by atoms with Crippen LogP contribution in [0.15, 0.2) is 18.2 Å². The lowest BCUT2D eigenvalue weighted by Gasteiger charge is -2.16. The lowest BCUT2D eigenvalue weighted by Crippen LogP contribution is -2.31. The Kier molecular flexibility index (Phi) is 5.70. The minimum absolute atomic E-state index is 0.156. The Labute approximate surface area is 119 Å².